The van der Waals surface area contributed by atoms with Crippen LogP contribution in [-0.2, 0) is 18.7 Å². The molecule has 3 aromatic rings. The lowest BCUT2D eigenvalue weighted by atomic mass is 10.1. The topological polar surface area (TPSA) is 89.6 Å². The number of nitrogens with zero attached hydrogens (tertiary/aromatic N) is 4. The van der Waals surface area contributed by atoms with Crippen molar-refractivity contribution in [3.05, 3.63) is 58.1 Å². The normalized spacial score (nSPS) is 11.0. The number of hydrogen-bond acceptors (Lipinski definition) is 6. The summed E-state index contributed by atoms with van der Waals surface area (Å²) < 4.78 is 6.87. The van der Waals surface area contributed by atoms with E-state index in [9.17, 15) is 4.79 Å². The fourth-order valence-corrected chi connectivity index (χ4v) is 2.97. The van der Waals surface area contributed by atoms with Gasteiger partial charge >= 0.3 is 5.69 Å². The molecule has 8 heteroatoms. The van der Waals surface area contributed by atoms with E-state index >= 15 is 0 Å². The number of benzene rings is 1. The van der Waals surface area contributed by atoms with Crippen molar-refractivity contribution in [2.24, 2.45) is 0 Å². The summed E-state index contributed by atoms with van der Waals surface area (Å²) in [5.74, 6) is 1.66. The first kappa shape index (κ1) is 15.5. The third-order valence-electron chi connectivity index (χ3n) is 3.21. The molecule has 0 fully saturated rings. The first-order chi connectivity index (χ1) is 11.3. The molecule has 0 bridgehead atoms. The van der Waals surface area contributed by atoms with Crippen LogP contribution in [0.3, 0.4) is 0 Å². The molecule has 0 amide bonds. The zero-order valence-corrected chi connectivity index (χ0v) is 13.5. The van der Waals surface area contributed by atoms with E-state index in [2.05, 4.69) is 20.3 Å². The highest BCUT2D eigenvalue weighted by Crippen LogP contribution is 2.19. The SMILES string of the molecule is CCCn1c(SCc2nc(Cc3ccccc3)no2)n[nH]c1=O. The molecule has 1 aromatic carbocycles. The van der Waals surface area contributed by atoms with Crippen LogP contribution in [0.2, 0.25) is 0 Å². The third-order valence-corrected chi connectivity index (χ3v) is 4.17. The smallest absolute Gasteiger partial charge is 0.338 e. The minimum absolute atomic E-state index is 0.190. The van der Waals surface area contributed by atoms with Gasteiger partial charge in [-0.2, -0.15) is 4.98 Å². The molecule has 0 saturated carbocycles. The summed E-state index contributed by atoms with van der Waals surface area (Å²) in [6.07, 6.45) is 1.51. The fourth-order valence-electron chi connectivity index (χ4n) is 2.16. The summed E-state index contributed by atoms with van der Waals surface area (Å²) in [6, 6.07) is 9.99. The maximum absolute atomic E-state index is 11.6. The average Bonchev–Trinajstić information content (AvgIpc) is 3.15. The Bertz CT molecular complexity index is 809. The minimum atomic E-state index is -0.190. The molecule has 0 aliphatic rings. The number of H-pyrrole nitrogens is 1. The molecule has 2 heterocycles. The predicted molar refractivity (Wildman–Crippen MR) is 86.2 cm³/mol. The Morgan fingerprint density at radius 2 is 2.13 bits per heavy atom. The molecule has 0 saturated heterocycles. The summed E-state index contributed by atoms with van der Waals surface area (Å²) >= 11 is 1.40. The van der Waals surface area contributed by atoms with Gasteiger partial charge in [0.05, 0.1) is 5.75 Å². The molecule has 0 radical (unpaired) electrons. The average molecular weight is 331 g/mol. The molecule has 0 unspecified atom stereocenters. The molecule has 120 valence electrons. The second-order valence-electron chi connectivity index (χ2n) is 5.02. The molecular weight excluding hydrogens is 314 g/mol. The van der Waals surface area contributed by atoms with Crippen LogP contribution in [0.25, 0.3) is 0 Å². The summed E-state index contributed by atoms with van der Waals surface area (Å²) in [6.45, 7) is 2.66. The molecule has 7 nitrogen and oxygen atoms in total. The van der Waals surface area contributed by atoms with Crippen molar-refractivity contribution in [2.45, 2.75) is 37.2 Å². The van der Waals surface area contributed by atoms with Crippen molar-refractivity contribution in [2.75, 3.05) is 0 Å². The predicted octanol–water partition coefficient (Wildman–Crippen LogP) is 2.25. The lowest BCUT2D eigenvalue weighted by Gasteiger charge is -2.01. The molecule has 1 N–H and O–H groups in total. The summed E-state index contributed by atoms with van der Waals surface area (Å²) in [7, 11) is 0. The lowest BCUT2D eigenvalue weighted by molar-refractivity contribution is 0.385. The van der Waals surface area contributed by atoms with E-state index in [1.54, 1.807) is 4.57 Å². The van der Waals surface area contributed by atoms with Gasteiger partial charge in [-0.15, -0.1) is 5.10 Å². The Morgan fingerprint density at radius 1 is 1.30 bits per heavy atom. The number of hydrogen-bond donors (Lipinski definition) is 1. The van der Waals surface area contributed by atoms with Crippen molar-refractivity contribution in [3.63, 3.8) is 0 Å². The Hall–Kier alpha value is -2.35. The highest BCUT2D eigenvalue weighted by atomic mass is 32.2. The third kappa shape index (κ3) is 3.89. The van der Waals surface area contributed by atoms with Crippen LogP contribution in [0.1, 0.15) is 30.6 Å². The minimum Gasteiger partial charge on any atom is -0.338 e. The van der Waals surface area contributed by atoms with Gasteiger partial charge < -0.3 is 4.52 Å². The highest BCUT2D eigenvalue weighted by Gasteiger charge is 2.12. The Labute approximate surface area is 137 Å². The van der Waals surface area contributed by atoms with Crippen LogP contribution < -0.4 is 5.69 Å². The van der Waals surface area contributed by atoms with Crippen molar-refractivity contribution >= 4 is 11.8 Å². The van der Waals surface area contributed by atoms with E-state index in [4.69, 9.17) is 4.52 Å². The Balaban J connectivity index is 1.62. The van der Waals surface area contributed by atoms with Crippen molar-refractivity contribution in [1.82, 2.24) is 24.9 Å². The first-order valence-electron chi connectivity index (χ1n) is 7.39. The van der Waals surface area contributed by atoms with Crippen LogP contribution in [-0.4, -0.2) is 24.9 Å². The first-order valence-corrected chi connectivity index (χ1v) is 8.38. The second-order valence-corrected chi connectivity index (χ2v) is 5.96. The number of thioether (sulfide) groups is 1. The molecule has 0 atom stereocenters. The summed E-state index contributed by atoms with van der Waals surface area (Å²) in [4.78, 5) is 16.0. The second kappa shape index (κ2) is 7.28. The number of aromatic nitrogens is 5. The molecule has 0 spiro atoms. The van der Waals surface area contributed by atoms with Crippen molar-refractivity contribution < 1.29 is 4.52 Å². The molecular formula is C15H17N5O2S. The van der Waals surface area contributed by atoms with Crippen LogP contribution in [0.15, 0.2) is 44.8 Å². The van der Waals surface area contributed by atoms with Gasteiger partial charge in [-0.3, -0.25) is 4.57 Å². The van der Waals surface area contributed by atoms with Gasteiger partial charge in [-0.25, -0.2) is 9.89 Å². The van der Waals surface area contributed by atoms with E-state index in [1.165, 1.54) is 11.8 Å². The monoisotopic (exact) mass is 331 g/mol. The van der Waals surface area contributed by atoms with Crippen LogP contribution in [0, 0.1) is 0 Å². The van der Waals surface area contributed by atoms with Crippen LogP contribution in [0.4, 0.5) is 0 Å². The van der Waals surface area contributed by atoms with E-state index in [1.807, 2.05) is 37.3 Å². The highest BCUT2D eigenvalue weighted by molar-refractivity contribution is 7.98. The number of aromatic amines is 1. The van der Waals surface area contributed by atoms with Crippen molar-refractivity contribution in [1.29, 1.82) is 0 Å². The van der Waals surface area contributed by atoms with Gasteiger partial charge in [-0.1, -0.05) is 54.2 Å². The molecule has 23 heavy (non-hydrogen) atoms. The van der Waals surface area contributed by atoms with Crippen LogP contribution in [0.5, 0.6) is 0 Å². The summed E-state index contributed by atoms with van der Waals surface area (Å²) in [5.41, 5.74) is 0.946. The van der Waals surface area contributed by atoms with Gasteiger partial charge in [0.2, 0.25) is 5.89 Å². The quantitative estimate of drug-likeness (QED) is 0.668. The summed E-state index contributed by atoms with van der Waals surface area (Å²) in [5, 5.41) is 11.1. The molecule has 3 rings (SSSR count). The number of rotatable bonds is 7. The Kier molecular flexibility index (Phi) is 4.92. The van der Waals surface area contributed by atoms with Gasteiger partial charge in [0.1, 0.15) is 0 Å². The van der Waals surface area contributed by atoms with Gasteiger partial charge in [-0.05, 0) is 12.0 Å². The fraction of sp³-hybridized carbons (Fsp3) is 0.333. The van der Waals surface area contributed by atoms with Crippen LogP contribution >= 0.6 is 11.8 Å². The standard InChI is InChI=1S/C15H17N5O2S/c1-2-8-20-14(21)17-18-15(20)23-10-13-16-12(19-22-13)9-11-6-4-3-5-7-11/h3-7H,2,8-10H2,1H3,(H,17,21). The van der Waals surface area contributed by atoms with E-state index < -0.39 is 0 Å². The zero-order valence-electron chi connectivity index (χ0n) is 12.7. The molecule has 2 aromatic heterocycles. The van der Waals surface area contributed by atoms with E-state index in [0.717, 1.165) is 12.0 Å². The lowest BCUT2D eigenvalue weighted by Crippen LogP contribution is -2.17. The maximum Gasteiger partial charge on any atom is 0.343 e. The number of nitrogens with one attached hydrogen (secondary N) is 1. The molecule has 0 aliphatic heterocycles. The maximum atomic E-state index is 11.6. The molecule has 0 aliphatic carbocycles. The van der Waals surface area contributed by atoms with Gasteiger partial charge in [0.15, 0.2) is 11.0 Å². The van der Waals surface area contributed by atoms with Gasteiger partial charge in [0.25, 0.3) is 0 Å². The Morgan fingerprint density at radius 3 is 2.91 bits per heavy atom. The van der Waals surface area contributed by atoms with Gasteiger partial charge in [0, 0.05) is 13.0 Å². The largest absolute Gasteiger partial charge is 0.343 e. The van der Waals surface area contributed by atoms with Crippen molar-refractivity contribution in [3.8, 4) is 0 Å². The van der Waals surface area contributed by atoms with E-state index in [-0.39, 0.29) is 5.69 Å². The van der Waals surface area contributed by atoms with E-state index in [0.29, 0.717) is 35.6 Å². The zero-order chi connectivity index (χ0) is 16.1.